The van der Waals surface area contributed by atoms with Crippen molar-refractivity contribution in [3.8, 4) is 0 Å². The van der Waals surface area contributed by atoms with Gasteiger partial charge < -0.3 is 9.05 Å². The van der Waals surface area contributed by atoms with Gasteiger partial charge in [0.15, 0.2) is 21.5 Å². The minimum atomic E-state index is -2.50. The summed E-state index contributed by atoms with van der Waals surface area (Å²) in [6.45, 7) is 5.76. The molecule has 0 spiro atoms. The Kier molecular flexibility index (Phi) is 9.92. The van der Waals surface area contributed by atoms with Crippen LogP contribution >= 0.6 is 14.7 Å². The third-order valence-corrected chi connectivity index (χ3v) is 2.18. The topological polar surface area (TPSA) is 52.6 Å². The number of hydrogen-bond donors (Lipinski definition) is 0. The van der Waals surface area contributed by atoms with E-state index in [1.54, 1.807) is 0 Å². The summed E-state index contributed by atoms with van der Waals surface area (Å²) < 4.78 is 31.3. The van der Waals surface area contributed by atoms with Gasteiger partial charge >= 0.3 is 0 Å². The van der Waals surface area contributed by atoms with E-state index >= 15 is 0 Å². The quantitative estimate of drug-likeness (QED) is 0.551. The van der Waals surface area contributed by atoms with Gasteiger partial charge in [0.25, 0.3) is 0 Å². The number of hydrogen-bond acceptors (Lipinski definition) is 4. The minimum Gasteiger partial charge on any atom is -0.301 e. The molecule has 84 valence electrons. The van der Waals surface area contributed by atoms with Crippen LogP contribution in [0.25, 0.3) is 0 Å². The molecule has 0 radical (unpaired) electrons. The summed E-state index contributed by atoms with van der Waals surface area (Å²) in [5.41, 5.74) is 0. The van der Waals surface area contributed by atoms with Crippen LogP contribution in [0.1, 0.15) is 14.9 Å². The van der Waals surface area contributed by atoms with Crippen LogP contribution in [0.3, 0.4) is 0 Å². The zero-order chi connectivity index (χ0) is 9.12. The zero-order valence-electron chi connectivity index (χ0n) is 7.23. The molecule has 0 saturated heterocycles. The van der Waals surface area contributed by atoms with Crippen molar-refractivity contribution in [3.63, 3.8) is 0 Å². The van der Waals surface area contributed by atoms with Crippen LogP contribution in [-0.4, -0.2) is 33.5 Å². The Bertz CT molecular complexity index is 181. The fourth-order valence-corrected chi connectivity index (χ4v) is 0.974. The lowest BCUT2D eigenvalue weighted by Crippen LogP contribution is -1.94. The number of rotatable bonds is 4. The van der Waals surface area contributed by atoms with Gasteiger partial charge in [0.05, 0.1) is 0 Å². The van der Waals surface area contributed by atoms with E-state index in [0.29, 0.717) is 0 Å². The summed E-state index contributed by atoms with van der Waals surface area (Å²) >= 11 is 0. The van der Waals surface area contributed by atoms with E-state index in [1.807, 2.05) is 0 Å². The van der Waals surface area contributed by atoms with Crippen LogP contribution in [0.5, 0.6) is 0 Å². The predicted octanol–water partition coefficient (Wildman–Crippen LogP) is 3.32. The molecule has 0 saturated carbocycles. The highest BCUT2D eigenvalue weighted by Gasteiger charge is 2.10. The molecule has 0 aromatic heterocycles. The molecule has 0 aliphatic heterocycles. The van der Waals surface area contributed by atoms with Gasteiger partial charge in [-0.25, -0.2) is 0 Å². The van der Waals surface area contributed by atoms with Gasteiger partial charge in [-0.3, -0.25) is 9.13 Å². The smallest absolute Gasteiger partial charge is 0.199 e. The summed E-state index contributed by atoms with van der Waals surface area (Å²) in [7, 11) is -5.00. The fraction of sp³-hybridized carbons (Fsp3) is 1.00. The molecule has 0 atom stereocenters. The van der Waals surface area contributed by atoms with Gasteiger partial charge in [0, 0.05) is 26.7 Å². The molecular formula is C7H22O4P2. The van der Waals surface area contributed by atoms with Gasteiger partial charge in [0.2, 0.25) is 0 Å². The summed E-state index contributed by atoms with van der Waals surface area (Å²) in [5, 5.41) is 0. The molecule has 0 N–H and O–H groups in total. The third kappa shape index (κ3) is 19.0. The average molecular weight is 232 g/mol. The minimum absolute atomic E-state index is 0. The standard InChI is InChI=1S/C5H14O4P2.2CH4/c1-10(2,6)8-5-9-11(3,4)7;;/h5H2,1-4H3;2*1H4. The van der Waals surface area contributed by atoms with Crippen LogP contribution in [0.4, 0.5) is 0 Å². The monoisotopic (exact) mass is 232 g/mol. The Morgan fingerprint density at radius 3 is 1.23 bits per heavy atom. The first-order valence-corrected chi connectivity index (χ1v) is 8.13. The van der Waals surface area contributed by atoms with Crippen molar-refractivity contribution >= 4 is 14.7 Å². The van der Waals surface area contributed by atoms with E-state index in [2.05, 4.69) is 0 Å². The second-order valence-electron chi connectivity index (χ2n) is 2.88. The molecular weight excluding hydrogens is 210 g/mol. The summed E-state index contributed by atoms with van der Waals surface area (Å²) in [4.78, 5) is 0. The van der Waals surface area contributed by atoms with Gasteiger partial charge in [-0.1, -0.05) is 14.9 Å². The van der Waals surface area contributed by atoms with E-state index in [1.165, 1.54) is 26.7 Å². The van der Waals surface area contributed by atoms with E-state index < -0.39 is 14.7 Å². The Morgan fingerprint density at radius 1 is 0.846 bits per heavy atom. The molecule has 0 aliphatic rings. The highest BCUT2D eigenvalue weighted by Crippen LogP contribution is 2.41. The van der Waals surface area contributed by atoms with Crippen molar-refractivity contribution in [1.82, 2.24) is 0 Å². The fourth-order valence-electron chi connectivity index (χ4n) is 0.277. The average Bonchev–Trinajstić information content (AvgIpc) is 1.55. The van der Waals surface area contributed by atoms with Crippen molar-refractivity contribution in [1.29, 1.82) is 0 Å². The Morgan fingerprint density at radius 2 is 1.08 bits per heavy atom. The van der Waals surface area contributed by atoms with Crippen molar-refractivity contribution in [2.24, 2.45) is 0 Å². The molecule has 13 heavy (non-hydrogen) atoms. The van der Waals surface area contributed by atoms with Crippen LogP contribution in [0.2, 0.25) is 0 Å². The maximum atomic E-state index is 10.9. The van der Waals surface area contributed by atoms with Crippen LogP contribution in [0, 0.1) is 0 Å². The van der Waals surface area contributed by atoms with Crippen LogP contribution in [0.15, 0.2) is 0 Å². The first kappa shape index (κ1) is 19.0. The normalized spacial score (nSPS) is 11.4. The SMILES string of the molecule is C.C.CP(C)(=O)OCOP(C)(C)=O. The first-order chi connectivity index (χ1) is 4.71. The van der Waals surface area contributed by atoms with E-state index in [0.717, 1.165) is 0 Å². The highest BCUT2D eigenvalue weighted by molar-refractivity contribution is 7.58. The maximum absolute atomic E-state index is 10.9. The van der Waals surface area contributed by atoms with Crippen molar-refractivity contribution in [2.45, 2.75) is 14.9 Å². The molecule has 4 nitrogen and oxygen atoms in total. The summed E-state index contributed by atoms with van der Waals surface area (Å²) in [6, 6.07) is 0. The lowest BCUT2D eigenvalue weighted by atomic mass is 11.6. The van der Waals surface area contributed by atoms with Crippen molar-refractivity contribution in [3.05, 3.63) is 0 Å². The van der Waals surface area contributed by atoms with E-state index in [-0.39, 0.29) is 21.6 Å². The largest absolute Gasteiger partial charge is 0.301 e. The molecule has 0 aliphatic carbocycles. The Balaban J connectivity index is -0.000000500. The predicted molar refractivity (Wildman–Crippen MR) is 59.4 cm³/mol. The molecule has 0 heterocycles. The second kappa shape index (κ2) is 6.78. The van der Waals surface area contributed by atoms with Gasteiger partial charge in [-0.15, -0.1) is 0 Å². The Hall–Kier alpha value is 0.380. The lowest BCUT2D eigenvalue weighted by molar-refractivity contribution is 0.130. The summed E-state index contributed by atoms with van der Waals surface area (Å²) in [6.07, 6.45) is 0. The molecule has 0 aromatic carbocycles. The Labute approximate surface area is 81.9 Å². The van der Waals surface area contributed by atoms with Crippen LogP contribution < -0.4 is 0 Å². The first-order valence-electron chi connectivity index (χ1n) is 3.10. The maximum Gasteiger partial charge on any atom is 0.199 e. The molecule has 0 fully saturated rings. The van der Waals surface area contributed by atoms with Gasteiger partial charge in [-0.2, -0.15) is 0 Å². The molecule has 6 heteroatoms. The van der Waals surface area contributed by atoms with E-state index in [9.17, 15) is 9.13 Å². The third-order valence-electron chi connectivity index (χ3n) is 0.727. The molecule has 0 amide bonds. The van der Waals surface area contributed by atoms with Crippen LogP contribution in [-0.2, 0) is 18.2 Å². The van der Waals surface area contributed by atoms with Crippen molar-refractivity contribution < 1.29 is 18.2 Å². The molecule has 0 unspecified atom stereocenters. The zero-order valence-corrected chi connectivity index (χ0v) is 9.02. The molecule has 0 aromatic rings. The van der Waals surface area contributed by atoms with Gasteiger partial charge in [-0.05, 0) is 0 Å². The lowest BCUT2D eigenvalue weighted by Gasteiger charge is -2.10. The second-order valence-corrected chi connectivity index (χ2v) is 8.40. The molecule has 0 rings (SSSR count). The van der Waals surface area contributed by atoms with E-state index in [4.69, 9.17) is 9.05 Å². The van der Waals surface area contributed by atoms with Gasteiger partial charge in [0.1, 0.15) is 0 Å². The molecule has 0 bridgehead atoms. The summed E-state index contributed by atoms with van der Waals surface area (Å²) in [5.74, 6) is 0. The highest BCUT2D eigenvalue weighted by atomic mass is 31.2. The van der Waals surface area contributed by atoms with Crippen molar-refractivity contribution in [2.75, 3.05) is 33.5 Å².